The zero-order valence-corrected chi connectivity index (χ0v) is 13.7. The van der Waals surface area contributed by atoms with E-state index >= 15 is 0 Å². The molecule has 3 aromatic rings. The van der Waals surface area contributed by atoms with Crippen molar-refractivity contribution < 1.29 is 4.79 Å². The maximum atomic E-state index is 12.4. The third kappa shape index (κ3) is 3.47. The average Bonchev–Trinajstić information content (AvgIpc) is 2.63. The summed E-state index contributed by atoms with van der Waals surface area (Å²) in [6, 6.07) is 9.48. The minimum absolute atomic E-state index is 0.0516. The molecule has 0 bridgehead atoms. The number of carbonyl (C=O) groups excluding carboxylic acids is 1. The minimum Gasteiger partial charge on any atom is -0.268 e. The SMILES string of the molecule is CCCCn1nc(C(=O)Nn2cnc3ccccc3c2=O)ccc1=O. The number of hydrogen-bond acceptors (Lipinski definition) is 5. The number of unbranched alkanes of at least 4 members (excludes halogenated alkanes) is 1. The highest BCUT2D eigenvalue weighted by Crippen LogP contribution is 2.04. The Balaban J connectivity index is 1.89. The van der Waals surface area contributed by atoms with Gasteiger partial charge in [0, 0.05) is 12.6 Å². The van der Waals surface area contributed by atoms with Crippen molar-refractivity contribution in [1.29, 1.82) is 0 Å². The summed E-state index contributed by atoms with van der Waals surface area (Å²) in [5.74, 6) is -0.593. The number of aromatic nitrogens is 4. The summed E-state index contributed by atoms with van der Waals surface area (Å²) in [6.07, 6.45) is 2.93. The number of aryl methyl sites for hydroxylation is 1. The van der Waals surface area contributed by atoms with Crippen molar-refractivity contribution in [2.24, 2.45) is 0 Å². The molecule has 0 aliphatic carbocycles. The molecule has 8 heteroatoms. The van der Waals surface area contributed by atoms with Gasteiger partial charge in [-0.2, -0.15) is 5.10 Å². The van der Waals surface area contributed by atoms with Crippen LogP contribution in [-0.4, -0.2) is 25.3 Å². The Bertz CT molecular complexity index is 1040. The van der Waals surface area contributed by atoms with E-state index in [0.29, 0.717) is 17.4 Å². The van der Waals surface area contributed by atoms with Gasteiger partial charge in [-0.1, -0.05) is 25.5 Å². The second kappa shape index (κ2) is 7.08. The molecular formula is C17H17N5O3. The number of hydrogen-bond donors (Lipinski definition) is 1. The lowest BCUT2D eigenvalue weighted by Crippen LogP contribution is -2.35. The van der Waals surface area contributed by atoms with Gasteiger partial charge < -0.3 is 0 Å². The Morgan fingerprint density at radius 1 is 1.16 bits per heavy atom. The highest BCUT2D eigenvalue weighted by atomic mass is 16.2. The van der Waals surface area contributed by atoms with Crippen LogP contribution in [0.3, 0.4) is 0 Å². The van der Waals surface area contributed by atoms with Crippen molar-refractivity contribution >= 4 is 16.8 Å². The summed E-state index contributed by atoms with van der Waals surface area (Å²) >= 11 is 0. The van der Waals surface area contributed by atoms with Crippen LogP contribution in [0.25, 0.3) is 10.9 Å². The molecule has 0 unspecified atom stereocenters. The van der Waals surface area contributed by atoms with E-state index in [1.54, 1.807) is 24.3 Å². The molecule has 0 aliphatic heterocycles. The lowest BCUT2D eigenvalue weighted by molar-refractivity contribution is 0.0999. The van der Waals surface area contributed by atoms with Crippen molar-refractivity contribution in [3.05, 3.63) is 69.1 Å². The minimum atomic E-state index is -0.593. The summed E-state index contributed by atoms with van der Waals surface area (Å²) in [5, 5.41) is 4.45. The van der Waals surface area contributed by atoms with Gasteiger partial charge >= 0.3 is 0 Å². The molecule has 0 spiro atoms. The van der Waals surface area contributed by atoms with Crippen LogP contribution >= 0.6 is 0 Å². The van der Waals surface area contributed by atoms with Crippen LogP contribution in [0.2, 0.25) is 0 Å². The van der Waals surface area contributed by atoms with E-state index < -0.39 is 11.5 Å². The Hall–Kier alpha value is -3.29. The average molecular weight is 339 g/mol. The van der Waals surface area contributed by atoms with Gasteiger partial charge in [-0.25, -0.2) is 14.3 Å². The molecule has 2 heterocycles. The van der Waals surface area contributed by atoms with Crippen LogP contribution in [0, 0.1) is 0 Å². The number of benzene rings is 1. The van der Waals surface area contributed by atoms with Gasteiger partial charge in [0.25, 0.3) is 17.0 Å². The summed E-state index contributed by atoms with van der Waals surface area (Å²) in [6.45, 7) is 2.44. The van der Waals surface area contributed by atoms with Crippen LogP contribution in [0.1, 0.15) is 30.3 Å². The fourth-order valence-electron chi connectivity index (χ4n) is 2.35. The first kappa shape index (κ1) is 16.6. The highest BCUT2D eigenvalue weighted by molar-refractivity contribution is 5.98. The predicted molar refractivity (Wildman–Crippen MR) is 93.1 cm³/mol. The normalized spacial score (nSPS) is 10.8. The Kier molecular flexibility index (Phi) is 4.69. The van der Waals surface area contributed by atoms with E-state index in [-0.39, 0.29) is 11.3 Å². The fraction of sp³-hybridized carbons (Fsp3) is 0.235. The number of fused-ring (bicyclic) bond motifs is 1. The molecule has 128 valence electrons. The third-order valence-corrected chi connectivity index (χ3v) is 3.71. The van der Waals surface area contributed by atoms with Gasteiger partial charge in [0.2, 0.25) is 0 Å². The van der Waals surface area contributed by atoms with Crippen molar-refractivity contribution in [2.75, 3.05) is 5.43 Å². The molecule has 0 radical (unpaired) electrons. The van der Waals surface area contributed by atoms with Crippen LogP contribution < -0.4 is 16.5 Å². The maximum Gasteiger partial charge on any atom is 0.290 e. The van der Waals surface area contributed by atoms with E-state index in [0.717, 1.165) is 17.5 Å². The van der Waals surface area contributed by atoms with Gasteiger partial charge in [0.1, 0.15) is 6.33 Å². The molecule has 3 rings (SSSR count). The van der Waals surface area contributed by atoms with Gasteiger partial charge in [-0.15, -0.1) is 0 Å². The first-order valence-electron chi connectivity index (χ1n) is 7.96. The van der Waals surface area contributed by atoms with Crippen molar-refractivity contribution in [3.8, 4) is 0 Å². The van der Waals surface area contributed by atoms with Crippen LogP contribution in [-0.2, 0) is 6.54 Å². The number of nitrogens with zero attached hydrogens (tertiary/aromatic N) is 4. The topological polar surface area (TPSA) is 98.9 Å². The smallest absolute Gasteiger partial charge is 0.268 e. The first-order chi connectivity index (χ1) is 12.1. The number of amides is 1. The zero-order chi connectivity index (χ0) is 17.8. The van der Waals surface area contributed by atoms with Crippen LogP contribution in [0.15, 0.2) is 52.3 Å². The Morgan fingerprint density at radius 3 is 2.76 bits per heavy atom. The molecule has 0 aliphatic rings. The van der Waals surface area contributed by atoms with Gasteiger partial charge in [-0.05, 0) is 24.6 Å². The molecule has 8 nitrogen and oxygen atoms in total. The number of para-hydroxylation sites is 1. The second-order valence-corrected chi connectivity index (χ2v) is 5.51. The largest absolute Gasteiger partial charge is 0.290 e. The van der Waals surface area contributed by atoms with Crippen LogP contribution in [0.4, 0.5) is 0 Å². The van der Waals surface area contributed by atoms with Gasteiger partial charge in [-0.3, -0.25) is 19.8 Å². The lowest BCUT2D eigenvalue weighted by atomic mass is 10.2. The molecule has 1 amide bonds. The van der Waals surface area contributed by atoms with Crippen LogP contribution in [0.5, 0.6) is 0 Å². The van der Waals surface area contributed by atoms with Crippen molar-refractivity contribution in [1.82, 2.24) is 19.4 Å². The monoisotopic (exact) mass is 339 g/mol. The molecule has 0 saturated carbocycles. The molecule has 0 saturated heterocycles. The lowest BCUT2D eigenvalue weighted by Gasteiger charge is -2.09. The summed E-state index contributed by atoms with van der Waals surface area (Å²) in [4.78, 5) is 40.6. The maximum absolute atomic E-state index is 12.4. The number of nitrogens with one attached hydrogen (secondary N) is 1. The molecular weight excluding hydrogens is 322 g/mol. The Labute approximate surface area is 142 Å². The number of carbonyl (C=O) groups is 1. The predicted octanol–water partition coefficient (Wildman–Crippen LogP) is 1.14. The van der Waals surface area contributed by atoms with Crippen molar-refractivity contribution in [2.45, 2.75) is 26.3 Å². The molecule has 25 heavy (non-hydrogen) atoms. The summed E-state index contributed by atoms with van der Waals surface area (Å²) in [7, 11) is 0. The van der Waals surface area contributed by atoms with E-state index in [1.807, 2.05) is 6.92 Å². The molecule has 0 fully saturated rings. The highest BCUT2D eigenvalue weighted by Gasteiger charge is 2.12. The standard InChI is InChI=1S/C17H17N5O3/c1-2-3-10-21-15(23)9-8-14(19-21)16(24)20-22-11-18-13-7-5-4-6-12(13)17(22)25/h4-9,11H,2-3,10H2,1H3,(H,20,24). The van der Waals surface area contributed by atoms with E-state index in [9.17, 15) is 14.4 Å². The summed E-state index contributed by atoms with van der Waals surface area (Å²) in [5.41, 5.74) is 2.38. The summed E-state index contributed by atoms with van der Waals surface area (Å²) < 4.78 is 2.26. The van der Waals surface area contributed by atoms with E-state index in [2.05, 4.69) is 15.5 Å². The molecule has 2 aromatic heterocycles. The Morgan fingerprint density at radius 2 is 1.96 bits per heavy atom. The van der Waals surface area contributed by atoms with Gasteiger partial charge in [0.15, 0.2) is 5.69 Å². The number of rotatable bonds is 5. The third-order valence-electron chi connectivity index (χ3n) is 3.71. The van der Waals surface area contributed by atoms with Crippen molar-refractivity contribution in [3.63, 3.8) is 0 Å². The van der Waals surface area contributed by atoms with E-state index in [1.165, 1.54) is 23.1 Å². The molecule has 1 aromatic carbocycles. The van der Waals surface area contributed by atoms with Gasteiger partial charge in [0.05, 0.1) is 10.9 Å². The first-order valence-corrected chi connectivity index (χ1v) is 7.96. The van der Waals surface area contributed by atoms with E-state index in [4.69, 9.17) is 0 Å². The second-order valence-electron chi connectivity index (χ2n) is 5.51. The molecule has 0 atom stereocenters. The zero-order valence-electron chi connectivity index (χ0n) is 13.7. The quantitative estimate of drug-likeness (QED) is 0.751. The fourth-order valence-corrected chi connectivity index (χ4v) is 2.35. The molecule has 1 N–H and O–H groups in total.